The van der Waals surface area contributed by atoms with Gasteiger partial charge in [-0.15, -0.1) is 5.92 Å². The smallest absolute Gasteiger partial charge is 0.0204 e. The Balaban J connectivity index is 2.32. The topological polar surface area (TPSA) is 26.0 Å². The third kappa shape index (κ3) is 3.28. The Morgan fingerprint density at radius 2 is 1.75 bits per heavy atom. The lowest BCUT2D eigenvalue weighted by Gasteiger charge is -2.22. The van der Waals surface area contributed by atoms with Crippen LogP contribution in [0.3, 0.4) is 0 Å². The summed E-state index contributed by atoms with van der Waals surface area (Å²) in [7, 11) is 0. The number of nitrogens with two attached hydrogens (primary N) is 1. The summed E-state index contributed by atoms with van der Waals surface area (Å²) in [6, 6.07) is 0.446. The predicted molar refractivity (Wildman–Crippen MR) is 52.5 cm³/mol. The van der Waals surface area contributed by atoms with Gasteiger partial charge in [0.05, 0.1) is 0 Å². The first-order valence-electron chi connectivity index (χ1n) is 4.95. The molecule has 0 heterocycles. The van der Waals surface area contributed by atoms with Gasteiger partial charge in [-0.05, 0) is 25.7 Å². The Labute approximate surface area is 75.7 Å². The van der Waals surface area contributed by atoms with E-state index < -0.39 is 0 Å². The fourth-order valence-corrected chi connectivity index (χ4v) is 1.55. The van der Waals surface area contributed by atoms with Gasteiger partial charge in [-0.3, -0.25) is 0 Å². The first-order valence-corrected chi connectivity index (χ1v) is 4.95. The minimum absolute atomic E-state index is 0.446. The molecule has 0 aliphatic heterocycles. The van der Waals surface area contributed by atoms with Crippen molar-refractivity contribution in [2.75, 3.05) is 0 Å². The molecular weight excluding hydrogens is 146 g/mol. The molecule has 0 atom stereocenters. The van der Waals surface area contributed by atoms with E-state index in [1.807, 2.05) is 0 Å². The van der Waals surface area contributed by atoms with E-state index in [2.05, 4.69) is 25.7 Å². The fraction of sp³-hybridized carbons (Fsp3) is 0.818. The van der Waals surface area contributed by atoms with Crippen molar-refractivity contribution in [1.82, 2.24) is 0 Å². The third-order valence-corrected chi connectivity index (χ3v) is 2.35. The summed E-state index contributed by atoms with van der Waals surface area (Å²) in [6.07, 6.45) is 4.75. The highest BCUT2D eigenvalue weighted by Gasteiger charge is 2.16. The molecule has 1 nitrogen and oxygen atoms in total. The Hall–Kier alpha value is -0.480. The molecule has 0 aromatic heterocycles. The largest absolute Gasteiger partial charge is 0.328 e. The normalized spacial score (nSPS) is 29.7. The maximum atomic E-state index is 5.80. The molecule has 1 rings (SSSR count). The van der Waals surface area contributed by atoms with Crippen LogP contribution in [0.5, 0.6) is 0 Å². The van der Waals surface area contributed by atoms with Crippen molar-refractivity contribution in [2.45, 2.75) is 45.6 Å². The van der Waals surface area contributed by atoms with Crippen LogP contribution in [0.4, 0.5) is 0 Å². The van der Waals surface area contributed by atoms with Gasteiger partial charge >= 0.3 is 0 Å². The molecule has 2 N–H and O–H groups in total. The summed E-state index contributed by atoms with van der Waals surface area (Å²) < 4.78 is 0. The van der Waals surface area contributed by atoms with Crippen LogP contribution in [0, 0.1) is 23.7 Å². The Bertz CT molecular complexity index is 177. The molecule has 1 aliphatic carbocycles. The molecule has 0 amide bonds. The van der Waals surface area contributed by atoms with Crippen LogP contribution in [0.25, 0.3) is 0 Å². The second-order valence-electron chi connectivity index (χ2n) is 4.06. The van der Waals surface area contributed by atoms with E-state index in [-0.39, 0.29) is 0 Å². The summed E-state index contributed by atoms with van der Waals surface area (Å²) in [4.78, 5) is 0. The molecule has 1 aliphatic rings. The van der Waals surface area contributed by atoms with E-state index in [1.165, 1.54) is 12.8 Å². The zero-order chi connectivity index (χ0) is 8.97. The molecule has 0 saturated heterocycles. The lowest BCUT2D eigenvalue weighted by molar-refractivity contribution is 0.384. The van der Waals surface area contributed by atoms with E-state index in [9.17, 15) is 0 Å². The van der Waals surface area contributed by atoms with Crippen LogP contribution >= 0.6 is 0 Å². The van der Waals surface area contributed by atoms with Crippen molar-refractivity contribution in [3.8, 4) is 11.8 Å². The van der Waals surface area contributed by atoms with Gasteiger partial charge in [-0.2, -0.15) is 0 Å². The number of hydrogen-bond donors (Lipinski definition) is 1. The van der Waals surface area contributed by atoms with Crippen LogP contribution in [0.1, 0.15) is 39.5 Å². The summed E-state index contributed by atoms with van der Waals surface area (Å²) in [5.74, 6) is 7.72. The average molecular weight is 165 g/mol. The van der Waals surface area contributed by atoms with E-state index >= 15 is 0 Å². The molecule has 68 valence electrons. The van der Waals surface area contributed by atoms with Crippen LogP contribution in [0.2, 0.25) is 0 Å². The molecule has 0 spiro atoms. The lowest BCUT2D eigenvalue weighted by atomic mass is 9.87. The zero-order valence-corrected chi connectivity index (χ0v) is 8.14. The fourth-order valence-electron chi connectivity index (χ4n) is 1.55. The molecule has 1 fully saturated rings. The van der Waals surface area contributed by atoms with Gasteiger partial charge in [0.25, 0.3) is 0 Å². The van der Waals surface area contributed by atoms with Gasteiger partial charge in [0, 0.05) is 17.9 Å². The van der Waals surface area contributed by atoms with Gasteiger partial charge in [0.1, 0.15) is 0 Å². The summed E-state index contributed by atoms with van der Waals surface area (Å²) in [5.41, 5.74) is 5.80. The van der Waals surface area contributed by atoms with Gasteiger partial charge in [-0.25, -0.2) is 0 Å². The first-order chi connectivity index (χ1) is 5.68. The van der Waals surface area contributed by atoms with Gasteiger partial charge in [0.15, 0.2) is 0 Å². The predicted octanol–water partition coefficient (Wildman–Crippen LogP) is 2.16. The molecular formula is C11H19N. The van der Waals surface area contributed by atoms with Crippen molar-refractivity contribution in [2.24, 2.45) is 17.6 Å². The molecule has 12 heavy (non-hydrogen) atoms. The molecule has 1 heteroatoms. The second-order valence-corrected chi connectivity index (χ2v) is 4.06. The molecule has 0 aromatic carbocycles. The first kappa shape index (κ1) is 9.61. The highest BCUT2D eigenvalue weighted by Crippen LogP contribution is 2.22. The van der Waals surface area contributed by atoms with Crippen LogP contribution in [-0.2, 0) is 0 Å². The minimum atomic E-state index is 0.446. The number of hydrogen-bond acceptors (Lipinski definition) is 1. The zero-order valence-electron chi connectivity index (χ0n) is 8.14. The summed E-state index contributed by atoms with van der Waals surface area (Å²) in [6.45, 7) is 4.28. The van der Waals surface area contributed by atoms with Crippen molar-refractivity contribution in [3.63, 3.8) is 0 Å². The van der Waals surface area contributed by atoms with Crippen molar-refractivity contribution in [3.05, 3.63) is 0 Å². The SMILES string of the molecule is CC(C)C#C[C@H]1CC[C@H](N)CC1. The average Bonchev–Trinajstić information content (AvgIpc) is 2.03. The molecule has 0 unspecified atom stereocenters. The van der Waals surface area contributed by atoms with Crippen molar-refractivity contribution < 1.29 is 0 Å². The maximum Gasteiger partial charge on any atom is 0.0204 e. The van der Waals surface area contributed by atoms with Crippen molar-refractivity contribution >= 4 is 0 Å². The maximum absolute atomic E-state index is 5.80. The standard InChI is InChI=1S/C11H19N/c1-9(2)3-4-10-5-7-11(12)8-6-10/h9-11H,5-8,12H2,1-2H3/t10-,11-. The molecule has 0 bridgehead atoms. The highest BCUT2D eigenvalue weighted by atomic mass is 14.6. The third-order valence-electron chi connectivity index (χ3n) is 2.35. The van der Waals surface area contributed by atoms with E-state index in [0.717, 1.165) is 12.8 Å². The second kappa shape index (κ2) is 4.52. The van der Waals surface area contributed by atoms with E-state index in [4.69, 9.17) is 5.73 Å². The van der Waals surface area contributed by atoms with E-state index in [1.54, 1.807) is 0 Å². The summed E-state index contributed by atoms with van der Waals surface area (Å²) >= 11 is 0. The van der Waals surface area contributed by atoms with Gasteiger partial charge in [-0.1, -0.05) is 19.8 Å². The number of rotatable bonds is 0. The monoisotopic (exact) mass is 165 g/mol. The molecule has 1 saturated carbocycles. The summed E-state index contributed by atoms with van der Waals surface area (Å²) in [5, 5.41) is 0. The van der Waals surface area contributed by atoms with Crippen LogP contribution in [0.15, 0.2) is 0 Å². The lowest BCUT2D eigenvalue weighted by Crippen LogP contribution is -2.25. The molecule has 0 radical (unpaired) electrons. The van der Waals surface area contributed by atoms with Gasteiger partial charge < -0.3 is 5.73 Å². The van der Waals surface area contributed by atoms with Crippen LogP contribution in [-0.4, -0.2) is 6.04 Å². The Morgan fingerprint density at radius 3 is 2.25 bits per heavy atom. The highest BCUT2D eigenvalue weighted by molar-refractivity contribution is 5.06. The van der Waals surface area contributed by atoms with E-state index in [0.29, 0.717) is 17.9 Å². The van der Waals surface area contributed by atoms with Gasteiger partial charge in [0.2, 0.25) is 0 Å². The molecule has 0 aromatic rings. The van der Waals surface area contributed by atoms with Crippen LogP contribution < -0.4 is 5.73 Å². The quantitative estimate of drug-likeness (QED) is 0.547. The Kier molecular flexibility index (Phi) is 3.62. The van der Waals surface area contributed by atoms with Crippen molar-refractivity contribution in [1.29, 1.82) is 0 Å². The Morgan fingerprint density at radius 1 is 1.17 bits per heavy atom. The minimum Gasteiger partial charge on any atom is -0.328 e.